The summed E-state index contributed by atoms with van der Waals surface area (Å²) in [4.78, 5) is 7.23. The molecule has 0 unspecified atom stereocenters. The summed E-state index contributed by atoms with van der Waals surface area (Å²) in [5.74, 6) is 3.87. The van der Waals surface area contributed by atoms with Gasteiger partial charge in [0.05, 0.1) is 5.52 Å². The fraction of sp³-hybridized carbons (Fsp3) is 0.348. The molecule has 0 fully saturated rings. The summed E-state index contributed by atoms with van der Waals surface area (Å²) in [6.07, 6.45) is 10.3. The van der Waals surface area contributed by atoms with Gasteiger partial charge in [0.2, 0.25) is 0 Å². The van der Waals surface area contributed by atoms with Crippen molar-refractivity contribution in [2.24, 2.45) is 0 Å². The first kappa shape index (κ1) is 16.7. The van der Waals surface area contributed by atoms with Gasteiger partial charge in [-0.2, -0.15) is 0 Å². The Morgan fingerprint density at radius 3 is 2.77 bits per heavy atom. The number of hydrogen-bond acceptors (Lipinski definition) is 2. The highest BCUT2D eigenvalue weighted by atomic mass is 15.2. The molecule has 1 aliphatic rings. The molecular formula is C23H25N3. The summed E-state index contributed by atoms with van der Waals surface area (Å²) >= 11 is 0. The number of terminal acetylenes is 1. The molecule has 26 heavy (non-hydrogen) atoms. The molecule has 0 bridgehead atoms. The van der Waals surface area contributed by atoms with Crippen LogP contribution < -0.4 is 4.90 Å². The van der Waals surface area contributed by atoms with Gasteiger partial charge in [-0.05, 0) is 49.4 Å². The Morgan fingerprint density at radius 2 is 1.96 bits per heavy atom. The van der Waals surface area contributed by atoms with Gasteiger partial charge in [0.15, 0.2) is 0 Å². The van der Waals surface area contributed by atoms with Crippen molar-refractivity contribution in [1.29, 1.82) is 0 Å². The van der Waals surface area contributed by atoms with Gasteiger partial charge < -0.3 is 9.47 Å². The molecule has 1 aromatic carbocycles. The largest absolute Gasteiger partial charge is 0.351 e. The van der Waals surface area contributed by atoms with Gasteiger partial charge in [-0.3, -0.25) is 0 Å². The number of fused-ring (bicyclic) bond motifs is 2. The zero-order valence-electron chi connectivity index (χ0n) is 15.6. The van der Waals surface area contributed by atoms with E-state index in [9.17, 15) is 0 Å². The standard InChI is InChI=1S/C23H25N3/c1-4-5-8-14-26-18(3)17(2)22-21(26)11-13-24-23(22)25-15-12-19-9-6-7-10-20(19)16-25/h1,6-7,9-11,13H,5,8,12,14-16H2,2-3H3. The van der Waals surface area contributed by atoms with Crippen LogP contribution in [0, 0.1) is 26.2 Å². The van der Waals surface area contributed by atoms with Crippen molar-refractivity contribution in [3.05, 3.63) is 58.9 Å². The van der Waals surface area contributed by atoms with Crippen LogP contribution in [-0.4, -0.2) is 16.1 Å². The van der Waals surface area contributed by atoms with Crippen molar-refractivity contribution in [3.63, 3.8) is 0 Å². The SMILES string of the molecule is C#CCCCn1c(C)c(C)c2c(N3CCc4ccccc4C3)nccc21. The number of rotatable bonds is 4. The normalized spacial score (nSPS) is 13.7. The minimum Gasteiger partial charge on any atom is -0.351 e. The number of unbranched alkanes of at least 4 members (excludes halogenated alkanes) is 1. The topological polar surface area (TPSA) is 21.1 Å². The highest BCUT2D eigenvalue weighted by Crippen LogP contribution is 2.34. The Balaban J connectivity index is 1.75. The molecule has 0 saturated heterocycles. The van der Waals surface area contributed by atoms with Crippen LogP contribution in [-0.2, 0) is 19.5 Å². The van der Waals surface area contributed by atoms with Crippen molar-refractivity contribution in [3.8, 4) is 12.3 Å². The molecule has 3 heteroatoms. The molecule has 2 aromatic heterocycles. The molecule has 0 atom stereocenters. The van der Waals surface area contributed by atoms with E-state index in [0.717, 1.165) is 44.7 Å². The second-order valence-electron chi connectivity index (χ2n) is 7.14. The smallest absolute Gasteiger partial charge is 0.138 e. The monoisotopic (exact) mass is 343 g/mol. The van der Waals surface area contributed by atoms with E-state index in [0.29, 0.717) is 0 Å². The molecule has 0 amide bonds. The Labute approximate surface area is 155 Å². The summed E-state index contributed by atoms with van der Waals surface area (Å²) in [5.41, 5.74) is 6.82. The molecule has 4 rings (SSSR count). The molecule has 0 aliphatic carbocycles. The minimum atomic E-state index is 0.818. The zero-order chi connectivity index (χ0) is 18.1. The third-order valence-electron chi connectivity index (χ3n) is 5.66. The van der Waals surface area contributed by atoms with E-state index in [4.69, 9.17) is 11.4 Å². The number of aromatic nitrogens is 2. The number of benzene rings is 1. The van der Waals surface area contributed by atoms with Gasteiger partial charge >= 0.3 is 0 Å². The van der Waals surface area contributed by atoms with Gasteiger partial charge in [0.1, 0.15) is 5.82 Å². The summed E-state index contributed by atoms with van der Waals surface area (Å²) in [6, 6.07) is 10.9. The number of nitrogens with zero attached hydrogens (tertiary/aromatic N) is 3. The first-order chi connectivity index (χ1) is 12.7. The van der Waals surface area contributed by atoms with Gasteiger partial charge in [0, 0.05) is 43.3 Å². The minimum absolute atomic E-state index is 0.818. The first-order valence-electron chi connectivity index (χ1n) is 9.40. The number of anilines is 1. The molecule has 132 valence electrons. The molecule has 3 heterocycles. The molecule has 0 radical (unpaired) electrons. The lowest BCUT2D eigenvalue weighted by Crippen LogP contribution is -2.31. The number of pyridine rings is 1. The van der Waals surface area contributed by atoms with E-state index in [1.807, 2.05) is 6.20 Å². The Bertz CT molecular complexity index is 991. The van der Waals surface area contributed by atoms with Crippen LogP contribution in [0.5, 0.6) is 0 Å². The summed E-state index contributed by atoms with van der Waals surface area (Å²) in [5, 5.41) is 1.30. The van der Waals surface area contributed by atoms with E-state index < -0.39 is 0 Å². The Morgan fingerprint density at radius 1 is 1.15 bits per heavy atom. The fourth-order valence-corrected chi connectivity index (χ4v) is 4.13. The summed E-state index contributed by atoms with van der Waals surface area (Å²) in [6.45, 7) is 7.35. The highest BCUT2D eigenvalue weighted by molar-refractivity contribution is 5.94. The van der Waals surface area contributed by atoms with E-state index in [1.165, 1.54) is 33.3 Å². The van der Waals surface area contributed by atoms with Crippen LogP contribution in [0.3, 0.4) is 0 Å². The van der Waals surface area contributed by atoms with Crippen LogP contribution in [0.1, 0.15) is 35.2 Å². The maximum Gasteiger partial charge on any atom is 0.138 e. The van der Waals surface area contributed by atoms with Crippen LogP contribution in [0.4, 0.5) is 5.82 Å². The fourth-order valence-electron chi connectivity index (χ4n) is 4.13. The summed E-state index contributed by atoms with van der Waals surface area (Å²) in [7, 11) is 0. The average Bonchev–Trinajstić information content (AvgIpc) is 2.93. The van der Waals surface area contributed by atoms with Crippen molar-refractivity contribution >= 4 is 16.7 Å². The Kier molecular flexibility index (Phi) is 4.42. The van der Waals surface area contributed by atoms with Crippen molar-refractivity contribution in [2.45, 2.75) is 46.2 Å². The van der Waals surface area contributed by atoms with Gasteiger partial charge in [0.25, 0.3) is 0 Å². The van der Waals surface area contributed by atoms with E-state index in [-0.39, 0.29) is 0 Å². The molecular weight excluding hydrogens is 318 g/mol. The lowest BCUT2D eigenvalue weighted by atomic mass is 9.99. The molecule has 0 spiro atoms. The van der Waals surface area contributed by atoms with Crippen LogP contribution in [0.15, 0.2) is 36.5 Å². The van der Waals surface area contributed by atoms with Crippen molar-refractivity contribution < 1.29 is 0 Å². The third-order valence-corrected chi connectivity index (χ3v) is 5.66. The first-order valence-corrected chi connectivity index (χ1v) is 9.40. The van der Waals surface area contributed by atoms with Gasteiger partial charge in [-0.25, -0.2) is 4.98 Å². The van der Waals surface area contributed by atoms with Gasteiger partial charge in [-0.15, -0.1) is 12.3 Å². The second kappa shape index (κ2) is 6.88. The zero-order valence-corrected chi connectivity index (χ0v) is 15.6. The third kappa shape index (κ3) is 2.76. The predicted octanol–water partition coefficient (Wildman–Crippen LogP) is 4.63. The van der Waals surface area contributed by atoms with E-state index >= 15 is 0 Å². The van der Waals surface area contributed by atoms with E-state index in [1.54, 1.807) is 0 Å². The molecule has 3 aromatic rings. The van der Waals surface area contributed by atoms with Crippen LogP contribution in [0.25, 0.3) is 10.9 Å². The summed E-state index contributed by atoms with van der Waals surface area (Å²) < 4.78 is 2.41. The highest BCUT2D eigenvalue weighted by Gasteiger charge is 2.22. The number of aryl methyl sites for hydroxylation is 2. The van der Waals surface area contributed by atoms with E-state index in [2.05, 4.69) is 59.6 Å². The Hall–Kier alpha value is -2.73. The van der Waals surface area contributed by atoms with Crippen molar-refractivity contribution in [2.75, 3.05) is 11.4 Å². The van der Waals surface area contributed by atoms with Crippen LogP contribution >= 0.6 is 0 Å². The predicted molar refractivity (Wildman–Crippen MR) is 108 cm³/mol. The quantitative estimate of drug-likeness (QED) is 0.509. The molecule has 1 aliphatic heterocycles. The number of hydrogen-bond donors (Lipinski definition) is 0. The molecule has 0 N–H and O–H groups in total. The maximum absolute atomic E-state index is 5.43. The average molecular weight is 343 g/mol. The van der Waals surface area contributed by atoms with Crippen LogP contribution in [0.2, 0.25) is 0 Å². The van der Waals surface area contributed by atoms with Gasteiger partial charge in [-0.1, -0.05) is 24.3 Å². The molecule has 0 saturated carbocycles. The molecule has 3 nitrogen and oxygen atoms in total. The lowest BCUT2D eigenvalue weighted by molar-refractivity contribution is 0.660. The maximum atomic E-state index is 5.43. The second-order valence-corrected chi connectivity index (χ2v) is 7.14. The van der Waals surface area contributed by atoms with Crippen molar-refractivity contribution in [1.82, 2.24) is 9.55 Å². The lowest BCUT2D eigenvalue weighted by Gasteiger charge is -2.30.